The third-order valence-corrected chi connectivity index (χ3v) is 5.30. The predicted molar refractivity (Wildman–Crippen MR) is 92.3 cm³/mol. The van der Waals surface area contributed by atoms with Crippen LogP contribution < -0.4 is 4.72 Å². The molecule has 0 aromatic heterocycles. The standard InChI is InChI=1S/C17H23N3O4S/c1-17(2,3)24-16(21)20-10-8-14(9-11-20)19-25(22,23)15-6-4-13(12-18)5-7-15/h4-7,14,19H,8-11H2,1-3H3. The molecule has 1 heterocycles. The van der Waals surface area contributed by atoms with Crippen LogP contribution in [0.1, 0.15) is 39.2 Å². The molecule has 7 nitrogen and oxygen atoms in total. The predicted octanol–water partition coefficient (Wildman–Crippen LogP) is 2.24. The van der Waals surface area contributed by atoms with Crippen molar-refractivity contribution in [2.45, 2.75) is 50.2 Å². The van der Waals surface area contributed by atoms with Gasteiger partial charge in [-0.1, -0.05) is 0 Å². The number of rotatable bonds is 3. The fraction of sp³-hybridized carbons (Fsp3) is 0.529. The lowest BCUT2D eigenvalue weighted by Gasteiger charge is -2.33. The quantitative estimate of drug-likeness (QED) is 0.885. The Morgan fingerprint density at radius 2 is 1.80 bits per heavy atom. The van der Waals surface area contributed by atoms with Crippen molar-refractivity contribution in [3.05, 3.63) is 29.8 Å². The molecule has 1 saturated heterocycles. The average molecular weight is 365 g/mol. The smallest absolute Gasteiger partial charge is 0.410 e. The second kappa shape index (κ2) is 7.42. The van der Waals surface area contributed by atoms with Gasteiger partial charge in [-0.15, -0.1) is 0 Å². The van der Waals surface area contributed by atoms with Gasteiger partial charge < -0.3 is 9.64 Å². The second-order valence-corrected chi connectivity index (χ2v) is 8.71. The van der Waals surface area contributed by atoms with Crippen LogP contribution in [0.3, 0.4) is 0 Å². The largest absolute Gasteiger partial charge is 0.444 e. The maximum Gasteiger partial charge on any atom is 0.410 e. The van der Waals surface area contributed by atoms with Gasteiger partial charge in [0.1, 0.15) is 5.60 Å². The van der Waals surface area contributed by atoms with Crippen LogP contribution in [-0.2, 0) is 14.8 Å². The molecule has 1 aliphatic heterocycles. The van der Waals surface area contributed by atoms with E-state index in [2.05, 4.69) is 4.72 Å². The third kappa shape index (κ3) is 5.44. The van der Waals surface area contributed by atoms with E-state index in [1.807, 2.05) is 26.8 Å². The van der Waals surface area contributed by atoms with Gasteiger partial charge in [-0.3, -0.25) is 0 Å². The molecule has 0 unspecified atom stereocenters. The fourth-order valence-corrected chi connectivity index (χ4v) is 3.81. The van der Waals surface area contributed by atoms with Gasteiger partial charge in [0.2, 0.25) is 10.0 Å². The molecule has 0 bridgehead atoms. The number of sulfonamides is 1. The molecule has 0 radical (unpaired) electrons. The minimum Gasteiger partial charge on any atom is -0.444 e. The van der Waals surface area contributed by atoms with E-state index in [1.165, 1.54) is 24.3 Å². The minimum absolute atomic E-state index is 0.126. The summed E-state index contributed by atoms with van der Waals surface area (Å²) in [5.74, 6) is 0. The van der Waals surface area contributed by atoms with Crippen LogP contribution in [0, 0.1) is 11.3 Å². The highest BCUT2D eigenvalue weighted by Crippen LogP contribution is 2.18. The zero-order valence-corrected chi connectivity index (χ0v) is 15.5. The highest BCUT2D eigenvalue weighted by Gasteiger charge is 2.29. The second-order valence-electron chi connectivity index (χ2n) is 7.00. The normalized spacial score (nSPS) is 16.3. The van der Waals surface area contributed by atoms with E-state index in [4.69, 9.17) is 10.00 Å². The molecule has 2 rings (SSSR count). The Morgan fingerprint density at radius 1 is 1.24 bits per heavy atom. The Balaban J connectivity index is 1.92. The number of likely N-dealkylation sites (tertiary alicyclic amines) is 1. The van der Waals surface area contributed by atoms with Gasteiger partial charge in [0.25, 0.3) is 0 Å². The summed E-state index contributed by atoms with van der Waals surface area (Å²) >= 11 is 0. The first kappa shape index (κ1) is 19.2. The summed E-state index contributed by atoms with van der Waals surface area (Å²) in [6.07, 6.45) is 0.671. The number of hydrogen-bond donors (Lipinski definition) is 1. The number of piperidine rings is 1. The molecule has 8 heteroatoms. The van der Waals surface area contributed by atoms with Crippen molar-refractivity contribution < 1.29 is 17.9 Å². The van der Waals surface area contributed by atoms with Gasteiger partial charge in [0.05, 0.1) is 16.5 Å². The van der Waals surface area contributed by atoms with Crippen molar-refractivity contribution in [1.82, 2.24) is 9.62 Å². The number of nitriles is 1. The van der Waals surface area contributed by atoms with Gasteiger partial charge in [-0.05, 0) is 57.9 Å². The lowest BCUT2D eigenvalue weighted by Crippen LogP contribution is -2.47. The number of nitrogens with zero attached hydrogens (tertiary/aromatic N) is 2. The van der Waals surface area contributed by atoms with Crippen LogP contribution in [0.5, 0.6) is 0 Å². The van der Waals surface area contributed by atoms with Crippen LogP contribution in [0.2, 0.25) is 0 Å². The van der Waals surface area contributed by atoms with Gasteiger partial charge in [-0.25, -0.2) is 17.9 Å². The topological polar surface area (TPSA) is 99.5 Å². The number of ether oxygens (including phenoxy) is 1. The number of carbonyl (C=O) groups excluding carboxylic acids is 1. The zero-order valence-electron chi connectivity index (χ0n) is 14.7. The first-order chi connectivity index (χ1) is 11.6. The summed E-state index contributed by atoms with van der Waals surface area (Å²) < 4.78 is 32.8. The van der Waals surface area contributed by atoms with Gasteiger partial charge in [0, 0.05) is 19.1 Å². The van der Waals surface area contributed by atoms with Crippen molar-refractivity contribution in [2.24, 2.45) is 0 Å². The van der Waals surface area contributed by atoms with E-state index < -0.39 is 15.6 Å². The van der Waals surface area contributed by atoms with E-state index in [9.17, 15) is 13.2 Å². The van der Waals surface area contributed by atoms with E-state index in [0.29, 0.717) is 31.5 Å². The molecule has 136 valence electrons. The number of benzene rings is 1. The van der Waals surface area contributed by atoms with Crippen LogP contribution in [0.25, 0.3) is 0 Å². The van der Waals surface area contributed by atoms with Crippen LogP contribution in [0.15, 0.2) is 29.2 Å². The molecule has 1 amide bonds. The van der Waals surface area contributed by atoms with E-state index in [1.54, 1.807) is 4.90 Å². The number of carbonyl (C=O) groups is 1. The highest BCUT2D eigenvalue weighted by molar-refractivity contribution is 7.89. The molecule has 25 heavy (non-hydrogen) atoms. The molecular weight excluding hydrogens is 342 g/mol. The van der Waals surface area contributed by atoms with Crippen LogP contribution >= 0.6 is 0 Å². The molecular formula is C17H23N3O4S. The molecule has 1 aliphatic rings. The van der Waals surface area contributed by atoms with Gasteiger partial charge in [0.15, 0.2) is 0 Å². The van der Waals surface area contributed by atoms with E-state index in [-0.39, 0.29) is 17.0 Å². The first-order valence-electron chi connectivity index (χ1n) is 8.11. The monoisotopic (exact) mass is 365 g/mol. The lowest BCUT2D eigenvalue weighted by atomic mass is 10.1. The lowest BCUT2D eigenvalue weighted by molar-refractivity contribution is 0.0203. The summed E-state index contributed by atoms with van der Waals surface area (Å²) in [4.78, 5) is 13.7. The molecule has 0 atom stereocenters. The summed E-state index contributed by atoms with van der Waals surface area (Å²) in [6, 6.07) is 7.49. The zero-order chi connectivity index (χ0) is 18.7. The van der Waals surface area contributed by atoms with Crippen molar-refractivity contribution in [2.75, 3.05) is 13.1 Å². The molecule has 0 spiro atoms. The fourth-order valence-electron chi connectivity index (χ4n) is 2.50. The Bertz CT molecular complexity index is 753. The van der Waals surface area contributed by atoms with Gasteiger partial charge in [-0.2, -0.15) is 5.26 Å². The summed E-state index contributed by atoms with van der Waals surface area (Å²) in [5, 5.41) is 8.78. The van der Waals surface area contributed by atoms with Gasteiger partial charge >= 0.3 is 6.09 Å². The third-order valence-electron chi connectivity index (χ3n) is 3.76. The number of hydrogen-bond acceptors (Lipinski definition) is 5. The Labute approximate surface area is 148 Å². The van der Waals surface area contributed by atoms with Crippen molar-refractivity contribution in [3.63, 3.8) is 0 Å². The Hall–Kier alpha value is -2.11. The number of nitrogens with one attached hydrogen (secondary N) is 1. The molecule has 1 N–H and O–H groups in total. The Morgan fingerprint density at radius 3 is 2.28 bits per heavy atom. The maximum atomic E-state index is 12.4. The number of amides is 1. The molecule has 1 aromatic rings. The van der Waals surface area contributed by atoms with Crippen molar-refractivity contribution in [1.29, 1.82) is 5.26 Å². The van der Waals surface area contributed by atoms with E-state index >= 15 is 0 Å². The first-order valence-corrected chi connectivity index (χ1v) is 9.59. The summed E-state index contributed by atoms with van der Waals surface area (Å²) in [7, 11) is -3.65. The molecule has 0 saturated carbocycles. The summed E-state index contributed by atoms with van der Waals surface area (Å²) in [5.41, 5.74) is -0.143. The molecule has 1 aromatic carbocycles. The van der Waals surface area contributed by atoms with Crippen LogP contribution in [0.4, 0.5) is 4.79 Å². The molecule has 1 fully saturated rings. The summed E-state index contributed by atoms with van der Waals surface area (Å²) in [6.45, 7) is 6.31. The van der Waals surface area contributed by atoms with E-state index in [0.717, 1.165) is 0 Å². The average Bonchev–Trinajstić information content (AvgIpc) is 2.53. The Kier molecular flexibility index (Phi) is 5.70. The minimum atomic E-state index is -3.65. The van der Waals surface area contributed by atoms with Crippen molar-refractivity contribution in [3.8, 4) is 6.07 Å². The van der Waals surface area contributed by atoms with Crippen molar-refractivity contribution >= 4 is 16.1 Å². The SMILES string of the molecule is CC(C)(C)OC(=O)N1CCC(NS(=O)(=O)c2ccc(C#N)cc2)CC1. The van der Waals surface area contributed by atoms with Crippen LogP contribution in [-0.4, -0.2) is 44.1 Å². The maximum absolute atomic E-state index is 12.4. The highest BCUT2D eigenvalue weighted by atomic mass is 32.2. The molecule has 0 aliphatic carbocycles.